The molecular weight excluding hydrogens is 531 g/mol. The summed E-state index contributed by atoms with van der Waals surface area (Å²) in [5.74, 6) is 1.43. The van der Waals surface area contributed by atoms with E-state index in [1.54, 1.807) is 0 Å². The Morgan fingerprint density at radius 2 is 2.06 bits per heavy atom. The number of likely N-dealkylation sites (tertiary alicyclic amines) is 1. The lowest BCUT2D eigenvalue weighted by molar-refractivity contribution is 0.125. The van der Waals surface area contributed by atoms with E-state index >= 15 is 0 Å². The van der Waals surface area contributed by atoms with E-state index in [4.69, 9.17) is 0 Å². The van der Waals surface area contributed by atoms with E-state index in [2.05, 4.69) is 74.5 Å². The predicted octanol–water partition coefficient (Wildman–Crippen LogP) is 4.36. The van der Waals surface area contributed by atoms with Crippen molar-refractivity contribution in [2.45, 2.75) is 32.0 Å². The molecule has 3 aromatic rings. The highest BCUT2D eigenvalue weighted by atomic mass is 127. The average molecular weight is 565 g/mol. The lowest BCUT2D eigenvalue weighted by Gasteiger charge is -2.39. The SMILES string of the molecule is CN=C(NCc1cccc(Cn2cccn2)c1)NCC1CCCN(C)C1c1cccs1.I. The zero-order chi connectivity index (χ0) is 21.5. The Hall–Kier alpha value is -1.91. The third-order valence-electron chi connectivity index (χ3n) is 5.95. The largest absolute Gasteiger partial charge is 0.356 e. The van der Waals surface area contributed by atoms with Gasteiger partial charge >= 0.3 is 0 Å². The van der Waals surface area contributed by atoms with Crippen molar-refractivity contribution >= 4 is 41.3 Å². The van der Waals surface area contributed by atoms with Crippen molar-refractivity contribution in [1.29, 1.82) is 0 Å². The quantitative estimate of drug-likeness (QED) is 0.255. The van der Waals surface area contributed by atoms with Crippen LogP contribution in [0.3, 0.4) is 0 Å². The molecule has 2 atom stereocenters. The highest BCUT2D eigenvalue weighted by molar-refractivity contribution is 14.0. The van der Waals surface area contributed by atoms with Gasteiger partial charge in [-0.2, -0.15) is 5.10 Å². The van der Waals surface area contributed by atoms with E-state index in [0.29, 0.717) is 12.0 Å². The first-order valence-corrected chi connectivity index (χ1v) is 11.8. The molecule has 4 rings (SSSR count). The maximum atomic E-state index is 4.45. The first kappa shape index (κ1) is 24.7. The molecule has 2 unspecified atom stereocenters. The van der Waals surface area contributed by atoms with Crippen molar-refractivity contribution < 1.29 is 0 Å². The summed E-state index contributed by atoms with van der Waals surface area (Å²) < 4.78 is 1.94. The van der Waals surface area contributed by atoms with Crippen molar-refractivity contribution in [3.05, 3.63) is 76.2 Å². The molecule has 0 amide bonds. The smallest absolute Gasteiger partial charge is 0.191 e. The van der Waals surface area contributed by atoms with Gasteiger partial charge in [0.25, 0.3) is 0 Å². The number of aliphatic imine (C=N–C) groups is 1. The summed E-state index contributed by atoms with van der Waals surface area (Å²) in [6, 6.07) is 15.5. The second-order valence-electron chi connectivity index (χ2n) is 8.17. The number of guanidine groups is 1. The van der Waals surface area contributed by atoms with Crippen LogP contribution < -0.4 is 10.6 Å². The third kappa shape index (κ3) is 6.55. The highest BCUT2D eigenvalue weighted by Gasteiger charge is 2.31. The minimum absolute atomic E-state index is 0. The topological polar surface area (TPSA) is 57.5 Å². The lowest BCUT2D eigenvalue weighted by atomic mass is 9.88. The zero-order valence-electron chi connectivity index (χ0n) is 18.8. The Morgan fingerprint density at radius 1 is 1.19 bits per heavy atom. The Kier molecular flexibility index (Phi) is 9.55. The van der Waals surface area contributed by atoms with E-state index in [1.807, 2.05) is 41.5 Å². The lowest BCUT2D eigenvalue weighted by Crippen LogP contribution is -2.44. The second-order valence-corrected chi connectivity index (χ2v) is 9.15. The summed E-state index contributed by atoms with van der Waals surface area (Å²) in [5.41, 5.74) is 2.48. The predicted molar refractivity (Wildman–Crippen MR) is 144 cm³/mol. The number of piperidine rings is 1. The van der Waals surface area contributed by atoms with E-state index < -0.39 is 0 Å². The van der Waals surface area contributed by atoms with Gasteiger partial charge in [0.2, 0.25) is 0 Å². The van der Waals surface area contributed by atoms with Crippen molar-refractivity contribution in [2.24, 2.45) is 10.9 Å². The second kappa shape index (κ2) is 12.4. The van der Waals surface area contributed by atoms with Gasteiger partial charge in [0.05, 0.1) is 6.54 Å². The first-order chi connectivity index (χ1) is 15.2. The Balaban J connectivity index is 0.00000289. The van der Waals surface area contributed by atoms with Crippen LogP contribution in [0.2, 0.25) is 0 Å². The Morgan fingerprint density at radius 3 is 2.81 bits per heavy atom. The van der Waals surface area contributed by atoms with Gasteiger partial charge in [-0.1, -0.05) is 30.3 Å². The van der Waals surface area contributed by atoms with Gasteiger partial charge in [-0.25, -0.2) is 0 Å². The highest BCUT2D eigenvalue weighted by Crippen LogP contribution is 2.36. The number of benzene rings is 1. The fourth-order valence-electron chi connectivity index (χ4n) is 4.44. The van der Waals surface area contributed by atoms with Gasteiger partial charge in [-0.05, 0) is 61.0 Å². The molecule has 1 aliphatic heterocycles. The molecule has 1 aromatic carbocycles. The molecule has 0 aliphatic carbocycles. The minimum Gasteiger partial charge on any atom is -0.356 e. The van der Waals surface area contributed by atoms with Crippen LogP contribution in [0.4, 0.5) is 0 Å². The van der Waals surface area contributed by atoms with Crippen LogP contribution in [0.25, 0.3) is 0 Å². The number of thiophene rings is 1. The molecule has 1 saturated heterocycles. The standard InChI is InChI=1S/C24H32N6S.HI/c1-25-24(26-16-19-7-3-8-20(15-19)18-30-13-6-11-28-30)27-17-21-9-4-12-29(2)23(21)22-10-5-14-31-22;/h3,5-8,10-11,13-15,21,23H,4,9,12,16-18H2,1-2H3,(H2,25,26,27);1H. The van der Waals surface area contributed by atoms with Crippen molar-refractivity contribution in [3.8, 4) is 0 Å². The molecule has 0 saturated carbocycles. The summed E-state index contributed by atoms with van der Waals surface area (Å²) in [6.07, 6.45) is 6.29. The van der Waals surface area contributed by atoms with Gasteiger partial charge in [0.15, 0.2) is 5.96 Å². The summed E-state index contributed by atoms with van der Waals surface area (Å²) in [7, 11) is 4.09. The third-order valence-corrected chi connectivity index (χ3v) is 6.90. The van der Waals surface area contributed by atoms with Crippen LogP contribution in [0, 0.1) is 5.92 Å². The molecule has 2 aromatic heterocycles. The van der Waals surface area contributed by atoms with E-state index in [1.165, 1.54) is 35.4 Å². The number of hydrogen-bond donors (Lipinski definition) is 2. The van der Waals surface area contributed by atoms with Crippen LogP contribution in [0.15, 0.2) is 65.2 Å². The monoisotopic (exact) mass is 564 g/mol. The normalized spacial score (nSPS) is 19.4. The fraction of sp³-hybridized carbons (Fsp3) is 0.417. The molecule has 0 spiro atoms. The number of rotatable bonds is 7. The molecule has 172 valence electrons. The minimum atomic E-state index is 0. The van der Waals surface area contributed by atoms with Gasteiger partial charge < -0.3 is 10.6 Å². The van der Waals surface area contributed by atoms with E-state index in [9.17, 15) is 0 Å². The summed E-state index contributed by atoms with van der Waals surface area (Å²) >= 11 is 1.87. The van der Waals surface area contributed by atoms with E-state index in [0.717, 1.165) is 25.6 Å². The van der Waals surface area contributed by atoms with E-state index in [-0.39, 0.29) is 24.0 Å². The molecule has 1 fully saturated rings. The molecule has 1 aliphatic rings. The number of aromatic nitrogens is 2. The van der Waals surface area contributed by atoms with Gasteiger partial charge in [-0.3, -0.25) is 14.6 Å². The van der Waals surface area contributed by atoms with Crippen LogP contribution in [-0.4, -0.2) is 47.8 Å². The first-order valence-electron chi connectivity index (χ1n) is 11.0. The number of nitrogens with one attached hydrogen (secondary N) is 2. The summed E-state index contributed by atoms with van der Waals surface area (Å²) in [6.45, 7) is 3.62. The average Bonchev–Trinajstić information content (AvgIpc) is 3.49. The number of nitrogens with zero attached hydrogens (tertiary/aromatic N) is 4. The maximum absolute atomic E-state index is 4.45. The molecule has 3 heterocycles. The van der Waals surface area contributed by atoms with Crippen molar-refractivity contribution in [1.82, 2.24) is 25.3 Å². The molecule has 32 heavy (non-hydrogen) atoms. The summed E-state index contributed by atoms with van der Waals surface area (Å²) in [5, 5.41) is 13.5. The summed E-state index contributed by atoms with van der Waals surface area (Å²) in [4.78, 5) is 8.41. The molecule has 8 heteroatoms. The van der Waals surface area contributed by atoms with Crippen LogP contribution in [-0.2, 0) is 13.1 Å². The van der Waals surface area contributed by atoms with Crippen LogP contribution in [0.5, 0.6) is 0 Å². The zero-order valence-corrected chi connectivity index (χ0v) is 21.9. The molecular formula is C24H33IN6S. The van der Waals surface area contributed by atoms with Gasteiger partial charge in [0, 0.05) is 43.4 Å². The Bertz CT molecular complexity index is 957. The maximum Gasteiger partial charge on any atom is 0.191 e. The molecule has 0 bridgehead atoms. The molecule has 2 N–H and O–H groups in total. The van der Waals surface area contributed by atoms with Gasteiger partial charge in [0.1, 0.15) is 0 Å². The number of hydrogen-bond acceptors (Lipinski definition) is 4. The Labute approximate surface area is 212 Å². The van der Waals surface area contributed by atoms with Gasteiger partial charge in [-0.15, -0.1) is 35.3 Å². The van der Waals surface area contributed by atoms with Crippen molar-refractivity contribution in [3.63, 3.8) is 0 Å². The van der Waals surface area contributed by atoms with Crippen LogP contribution in [0.1, 0.15) is 34.9 Å². The molecule has 0 radical (unpaired) electrons. The fourth-order valence-corrected chi connectivity index (χ4v) is 5.42. The molecule has 6 nitrogen and oxygen atoms in total. The van der Waals surface area contributed by atoms with Crippen LogP contribution >= 0.6 is 35.3 Å². The number of halogens is 1. The van der Waals surface area contributed by atoms with Crippen molar-refractivity contribution in [2.75, 3.05) is 27.2 Å².